The maximum absolute atomic E-state index is 11.6. The van der Waals surface area contributed by atoms with Gasteiger partial charge in [0.1, 0.15) is 0 Å². The Labute approximate surface area is 114 Å². The van der Waals surface area contributed by atoms with Crippen LogP contribution in [0.3, 0.4) is 0 Å². The summed E-state index contributed by atoms with van der Waals surface area (Å²) in [6.45, 7) is 4.31. The molecule has 1 atom stereocenters. The summed E-state index contributed by atoms with van der Waals surface area (Å²) in [6.07, 6.45) is 5.42. The molecule has 0 aromatic heterocycles. The van der Waals surface area contributed by atoms with Crippen LogP contribution in [0.1, 0.15) is 25.8 Å². The van der Waals surface area contributed by atoms with E-state index in [2.05, 4.69) is 16.6 Å². The van der Waals surface area contributed by atoms with Crippen LogP contribution >= 0.6 is 0 Å². The summed E-state index contributed by atoms with van der Waals surface area (Å²) < 4.78 is 0. The van der Waals surface area contributed by atoms with Crippen LogP contribution in [0.5, 0.6) is 0 Å². The van der Waals surface area contributed by atoms with Crippen LogP contribution in [0.15, 0.2) is 24.3 Å². The summed E-state index contributed by atoms with van der Waals surface area (Å²) in [5.41, 5.74) is 1.37. The van der Waals surface area contributed by atoms with Crippen molar-refractivity contribution in [2.45, 2.75) is 26.4 Å². The van der Waals surface area contributed by atoms with Gasteiger partial charge in [0.2, 0.25) is 0 Å². The van der Waals surface area contributed by atoms with Gasteiger partial charge in [0.05, 0.1) is 6.10 Å². The van der Waals surface area contributed by atoms with Crippen molar-refractivity contribution >= 4 is 11.7 Å². The van der Waals surface area contributed by atoms with Crippen molar-refractivity contribution in [1.29, 1.82) is 0 Å². The van der Waals surface area contributed by atoms with E-state index < -0.39 is 6.10 Å². The van der Waals surface area contributed by atoms with Gasteiger partial charge in [-0.2, -0.15) is 0 Å². The normalized spacial score (nSPS) is 11.7. The average Bonchev–Trinajstić information content (AvgIpc) is 2.38. The molecule has 2 amide bonds. The van der Waals surface area contributed by atoms with Gasteiger partial charge in [-0.25, -0.2) is 4.79 Å². The maximum Gasteiger partial charge on any atom is 0.319 e. The molecule has 3 N–H and O–H groups in total. The molecule has 0 aliphatic rings. The van der Waals surface area contributed by atoms with Gasteiger partial charge in [0.25, 0.3) is 0 Å². The Morgan fingerprint density at radius 3 is 2.84 bits per heavy atom. The second-order valence-electron chi connectivity index (χ2n) is 4.71. The molecule has 0 saturated heterocycles. The summed E-state index contributed by atoms with van der Waals surface area (Å²) in [5.74, 6) is 2.70. The minimum Gasteiger partial charge on any atom is -0.393 e. The zero-order valence-corrected chi connectivity index (χ0v) is 11.3. The number of rotatable bonds is 5. The molecule has 102 valence electrons. The van der Waals surface area contributed by atoms with Crippen molar-refractivity contribution in [3.63, 3.8) is 0 Å². The summed E-state index contributed by atoms with van der Waals surface area (Å²) in [5, 5.41) is 15.0. The molecule has 0 saturated carbocycles. The molecule has 0 radical (unpaired) electrons. The molecule has 0 fully saturated rings. The molecule has 1 aromatic rings. The monoisotopic (exact) mass is 260 g/mol. The number of carbonyl (C=O) groups is 1. The molecule has 0 aliphatic carbocycles. The number of hydrogen-bond acceptors (Lipinski definition) is 2. The quantitative estimate of drug-likeness (QED) is 0.711. The van der Waals surface area contributed by atoms with Crippen LogP contribution in [0, 0.1) is 18.3 Å². The third kappa shape index (κ3) is 5.45. The van der Waals surface area contributed by atoms with E-state index >= 15 is 0 Å². The molecule has 4 heteroatoms. The number of amides is 2. The Kier molecular flexibility index (Phi) is 5.91. The summed E-state index contributed by atoms with van der Waals surface area (Å²) >= 11 is 0. The first-order chi connectivity index (χ1) is 9.02. The molecule has 1 aromatic carbocycles. The second kappa shape index (κ2) is 7.45. The molecule has 0 spiro atoms. The summed E-state index contributed by atoms with van der Waals surface area (Å²) in [6, 6.07) is 6.77. The fourth-order valence-corrected chi connectivity index (χ4v) is 1.53. The lowest BCUT2D eigenvalue weighted by Crippen LogP contribution is -2.32. The molecule has 0 heterocycles. The first kappa shape index (κ1) is 15.1. The van der Waals surface area contributed by atoms with Crippen molar-refractivity contribution in [3.05, 3.63) is 29.8 Å². The zero-order valence-electron chi connectivity index (χ0n) is 11.3. The predicted octanol–water partition coefficient (Wildman–Crippen LogP) is 2.20. The smallest absolute Gasteiger partial charge is 0.319 e. The van der Waals surface area contributed by atoms with E-state index in [4.69, 9.17) is 6.42 Å². The number of nitrogens with one attached hydrogen (secondary N) is 2. The number of anilines is 1. The first-order valence-corrected chi connectivity index (χ1v) is 6.32. The lowest BCUT2D eigenvalue weighted by atomic mass is 10.0. The number of aliphatic hydroxyl groups is 1. The molecular formula is C15H20N2O2. The van der Waals surface area contributed by atoms with Gasteiger partial charge in [-0.3, -0.25) is 0 Å². The Hall–Kier alpha value is -1.99. The highest BCUT2D eigenvalue weighted by Crippen LogP contribution is 2.09. The van der Waals surface area contributed by atoms with Crippen molar-refractivity contribution in [2.75, 3.05) is 11.9 Å². The number of benzene rings is 1. The van der Waals surface area contributed by atoms with Crippen LogP contribution < -0.4 is 10.6 Å². The minimum absolute atomic E-state index is 0.192. The highest BCUT2D eigenvalue weighted by Gasteiger charge is 2.09. The van der Waals surface area contributed by atoms with E-state index in [1.54, 1.807) is 24.3 Å². The van der Waals surface area contributed by atoms with Gasteiger partial charge in [-0.15, -0.1) is 6.42 Å². The molecular weight excluding hydrogens is 240 g/mol. The van der Waals surface area contributed by atoms with Gasteiger partial charge in [-0.05, 0) is 30.5 Å². The fraction of sp³-hybridized carbons (Fsp3) is 0.400. The van der Waals surface area contributed by atoms with E-state index in [1.807, 2.05) is 13.8 Å². The largest absolute Gasteiger partial charge is 0.393 e. The Balaban J connectivity index is 2.37. The first-order valence-electron chi connectivity index (χ1n) is 6.32. The van der Waals surface area contributed by atoms with Gasteiger partial charge in [0.15, 0.2) is 0 Å². The highest BCUT2D eigenvalue weighted by molar-refractivity contribution is 5.89. The average molecular weight is 260 g/mol. The number of hydrogen-bond donors (Lipinski definition) is 3. The van der Waals surface area contributed by atoms with Crippen LogP contribution in [0.2, 0.25) is 0 Å². The number of urea groups is 1. The third-order valence-electron chi connectivity index (χ3n) is 2.78. The third-order valence-corrected chi connectivity index (χ3v) is 2.78. The zero-order chi connectivity index (χ0) is 14.3. The van der Waals surface area contributed by atoms with E-state index in [0.717, 1.165) is 0 Å². The molecule has 4 nitrogen and oxygen atoms in total. The number of terminal acetylenes is 1. The van der Waals surface area contributed by atoms with Crippen molar-refractivity contribution in [3.8, 4) is 12.3 Å². The standard InChI is InChI=1S/C15H20N2O2/c1-4-12-6-5-7-13(10-12)17-15(19)16-9-8-14(18)11(2)3/h1,5-7,10-11,14,18H,8-9H2,2-3H3,(H2,16,17,19). The Morgan fingerprint density at radius 2 is 2.21 bits per heavy atom. The van der Waals surface area contributed by atoms with Crippen LogP contribution in [-0.4, -0.2) is 23.8 Å². The van der Waals surface area contributed by atoms with Crippen LogP contribution in [0.4, 0.5) is 10.5 Å². The molecule has 0 aliphatic heterocycles. The van der Waals surface area contributed by atoms with Gasteiger partial charge in [0, 0.05) is 17.8 Å². The second-order valence-corrected chi connectivity index (χ2v) is 4.71. The topological polar surface area (TPSA) is 61.4 Å². The van der Waals surface area contributed by atoms with Crippen LogP contribution in [0.25, 0.3) is 0 Å². The lowest BCUT2D eigenvalue weighted by molar-refractivity contribution is 0.117. The summed E-state index contributed by atoms with van der Waals surface area (Å²) in [7, 11) is 0. The Morgan fingerprint density at radius 1 is 1.47 bits per heavy atom. The van der Waals surface area contributed by atoms with E-state index in [-0.39, 0.29) is 11.9 Å². The van der Waals surface area contributed by atoms with E-state index in [1.165, 1.54) is 0 Å². The molecule has 1 unspecified atom stereocenters. The fourth-order valence-electron chi connectivity index (χ4n) is 1.53. The highest BCUT2D eigenvalue weighted by atomic mass is 16.3. The van der Waals surface area contributed by atoms with Crippen molar-refractivity contribution in [2.24, 2.45) is 5.92 Å². The number of carbonyl (C=O) groups excluding carboxylic acids is 1. The maximum atomic E-state index is 11.6. The van der Waals surface area contributed by atoms with Crippen LogP contribution in [-0.2, 0) is 0 Å². The molecule has 0 bridgehead atoms. The van der Waals surface area contributed by atoms with Gasteiger partial charge >= 0.3 is 6.03 Å². The summed E-state index contributed by atoms with van der Waals surface area (Å²) in [4.78, 5) is 11.6. The SMILES string of the molecule is C#Cc1cccc(NC(=O)NCCC(O)C(C)C)c1. The van der Waals surface area contributed by atoms with Crippen molar-refractivity contribution in [1.82, 2.24) is 5.32 Å². The van der Waals surface area contributed by atoms with E-state index in [0.29, 0.717) is 24.2 Å². The number of aliphatic hydroxyl groups excluding tert-OH is 1. The Bertz CT molecular complexity index is 463. The van der Waals surface area contributed by atoms with E-state index in [9.17, 15) is 9.90 Å². The molecule has 19 heavy (non-hydrogen) atoms. The van der Waals surface area contributed by atoms with Crippen molar-refractivity contribution < 1.29 is 9.90 Å². The predicted molar refractivity (Wildman–Crippen MR) is 76.9 cm³/mol. The van der Waals surface area contributed by atoms with Gasteiger partial charge < -0.3 is 15.7 Å². The molecule has 1 rings (SSSR count). The lowest BCUT2D eigenvalue weighted by Gasteiger charge is -2.14. The van der Waals surface area contributed by atoms with Gasteiger partial charge in [-0.1, -0.05) is 25.8 Å². The minimum atomic E-state index is -0.398.